The van der Waals surface area contributed by atoms with Crippen molar-refractivity contribution in [1.29, 1.82) is 5.41 Å². The molecule has 0 atom stereocenters. The van der Waals surface area contributed by atoms with Gasteiger partial charge < -0.3 is 14.1 Å². The maximum Gasteiger partial charge on any atom is 0.344 e. The second kappa shape index (κ2) is 7.28. The van der Waals surface area contributed by atoms with E-state index in [9.17, 15) is 19.7 Å². The fourth-order valence-electron chi connectivity index (χ4n) is 3.45. The summed E-state index contributed by atoms with van der Waals surface area (Å²) in [5.74, 6) is -0.908. The highest BCUT2D eigenvalue weighted by Gasteiger charge is 2.28. The van der Waals surface area contributed by atoms with Gasteiger partial charge in [0.2, 0.25) is 5.55 Å². The molecule has 0 aliphatic carbocycles. The van der Waals surface area contributed by atoms with E-state index >= 15 is 0 Å². The van der Waals surface area contributed by atoms with E-state index in [4.69, 9.17) is 14.6 Å². The lowest BCUT2D eigenvalue weighted by Crippen LogP contribution is -2.21. The molecule has 4 aromatic rings. The van der Waals surface area contributed by atoms with Crippen molar-refractivity contribution >= 4 is 33.5 Å². The molecule has 0 aliphatic heterocycles. The highest BCUT2D eigenvalue weighted by Crippen LogP contribution is 2.36. The zero-order chi connectivity index (χ0) is 21.4. The topological polar surface area (TPSA) is 139 Å². The molecule has 0 unspecified atom stereocenters. The first-order chi connectivity index (χ1) is 14.4. The van der Waals surface area contributed by atoms with E-state index in [2.05, 4.69) is 4.98 Å². The first-order valence-corrected chi connectivity index (χ1v) is 9.01. The van der Waals surface area contributed by atoms with Gasteiger partial charge in [-0.1, -0.05) is 24.3 Å². The lowest BCUT2D eigenvalue weighted by Gasteiger charge is -2.13. The molecular formula is C21H15N3O6. The van der Waals surface area contributed by atoms with Crippen LogP contribution in [0.15, 0.2) is 57.7 Å². The third kappa shape index (κ3) is 2.93. The normalized spacial score (nSPS) is 11.0. The van der Waals surface area contributed by atoms with E-state index in [1.807, 2.05) is 0 Å². The second-order valence-corrected chi connectivity index (χ2v) is 6.38. The van der Waals surface area contributed by atoms with Gasteiger partial charge in [-0.15, -0.1) is 0 Å². The van der Waals surface area contributed by atoms with Crippen molar-refractivity contribution in [2.45, 2.75) is 6.92 Å². The Morgan fingerprint density at radius 2 is 1.90 bits per heavy atom. The van der Waals surface area contributed by atoms with Crippen molar-refractivity contribution < 1.29 is 18.9 Å². The molecule has 9 nitrogen and oxygen atoms in total. The molecule has 9 heteroatoms. The Morgan fingerprint density at radius 1 is 1.20 bits per heavy atom. The predicted molar refractivity (Wildman–Crippen MR) is 108 cm³/mol. The Labute approximate surface area is 168 Å². The number of pyridine rings is 1. The number of H-pyrrole nitrogens is 1. The van der Waals surface area contributed by atoms with Gasteiger partial charge in [0.05, 0.1) is 28.0 Å². The number of benzene rings is 2. The molecular weight excluding hydrogens is 390 g/mol. The maximum atomic E-state index is 13.0. The van der Waals surface area contributed by atoms with Crippen LogP contribution in [0, 0.1) is 15.5 Å². The summed E-state index contributed by atoms with van der Waals surface area (Å²) in [6.07, 6.45) is 0. The quantitative estimate of drug-likeness (QED) is 0.230. The maximum absolute atomic E-state index is 13.0. The minimum Gasteiger partial charge on any atom is -0.462 e. The number of nitro groups is 1. The van der Waals surface area contributed by atoms with E-state index in [0.717, 1.165) is 0 Å². The summed E-state index contributed by atoms with van der Waals surface area (Å²) < 4.78 is 10.6. The Bertz CT molecular complexity index is 1450. The van der Waals surface area contributed by atoms with Gasteiger partial charge in [0.15, 0.2) is 5.58 Å². The number of para-hydroxylation sites is 2. The number of esters is 1. The van der Waals surface area contributed by atoms with E-state index in [0.29, 0.717) is 10.9 Å². The van der Waals surface area contributed by atoms with Crippen molar-refractivity contribution in [1.82, 2.24) is 4.98 Å². The van der Waals surface area contributed by atoms with E-state index in [-0.39, 0.29) is 40.0 Å². The van der Waals surface area contributed by atoms with E-state index in [1.54, 1.807) is 37.3 Å². The molecule has 2 aromatic heterocycles. The Kier molecular flexibility index (Phi) is 4.63. The number of aromatic amines is 1. The molecule has 0 radical (unpaired) electrons. The van der Waals surface area contributed by atoms with Crippen LogP contribution in [0.3, 0.4) is 0 Å². The second-order valence-electron chi connectivity index (χ2n) is 6.38. The zero-order valence-corrected chi connectivity index (χ0v) is 15.7. The summed E-state index contributed by atoms with van der Waals surface area (Å²) in [7, 11) is 0. The molecule has 30 heavy (non-hydrogen) atoms. The standard InChI is InChI=1S/C21H15N3O6/c1-2-29-21(26)17-15(12-8-4-6-10-14(12)24(27)28)16-18(30-19(17)22)11-7-3-5-9-13(11)23-20(16)25/h3-10,22H,2H2,1H3,(H,23,25). The van der Waals surface area contributed by atoms with Crippen molar-refractivity contribution in [2.75, 3.05) is 6.61 Å². The van der Waals surface area contributed by atoms with Gasteiger partial charge in [0.1, 0.15) is 5.56 Å². The number of hydrogen-bond donors (Lipinski definition) is 2. The molecule has 4 rings (SSSR count). The molecule has 150 valence electrons. The lowest BCUT2D eigenvalue weighted by atomic mass is 9.95. The smallest absolute Gasteiger partial charge is 0.344 e. The number of hydrogen-bond acceptors (Lipinski definition) is 7. The molecule has 0 saturated heterocycles. The summed E-state index contributed by atoms with van der Waals surface area (Å²) in [5, 5.41) is 20.4. The van der Waals surface area contributed by atoms with Crippen LogP contribution in [0.2, 0.25) is 0 Å². The molecule has 0 bridgehead atoms. The summed E-state index contributed by atoms with van der Waals surface area (Å²) in [6, 6.07) is 12.5. The van der Waals surface area contributed by atoms with Gasteiger partial charge >= 0.3 is 5.97 Å². The minimum atomic E-state index is -0.908. The molecule has 2 aromatic carbocycles. The number of rotatable bonds is 4. The number of fused-ring (bicyclic) bond motifs is 3. The van der Waals surface area contributed by atoms with Crippen molar-refractivity contribution in [3.63, 3.8) is 0 Å². The average Bonchev–Trinajstić information content (AvgIpc) is 2.73. The van der Waals surface area contributed by atoms with Crippen molar-refractivity contribution in [3.05, 3.63) is 80.1 Å². The van der Waals surface area contributed by atoms with Gasteiger partial charge in [0.25, 0.3) is 11.2 Å². The third-order valence-corrected chi connectivity index (χ3v) is 4.65. The third-order valence-electron chi connectivity index (χ3n) is 4.65. The van der Waals surface area contributed by atoms with Crippen molar-refractivity contribution in [3.8, 4) is 11.1 Å². The van der Waals surface area contributed by atoms with Gasteiger partial charge in [0, 0.05) is 17.0 Å². The number of carbonyl (C=O) groups excluding carboxylic acids is 1. The summed E-state index contributed by atoms with van der Waals surface area (Å²) >= 11 is 0. The predicted octanol–water partition coefficient (Wildman–Crippen LogP) is 3.51. The van der Waals surface area contributed by atoms with Crippen molar-refractivity contribution in [2.24, 2.45) is 0 Å². The van der Waals surface area contributed by atoms with Gasteiger partial charge in [-0.3, -0.25) is 20.3 Å². The number of ether oxygens (including phenoxy) is 1. The lowest BCUT2D eigenvalue weighted by molar-refractivity contribution is -0.384. The van der Waals surface area contributed by atoms with Crippen LogP contribution in [0.4, 0.5) is 5.69 Å². The first-order valence-electron chi connectivity index (χ1n) is 9.01. The number of carbonyl (C=O) groups is 1. The van der Waals surface area contributed by atoms with Gasteiger partial charge in [-0.25, -0.2) is 4.79 Å². The largest absolute Gasteiger partial charge is 0.462 e. The van der Waals surface area contributed by atoms with Crippen LogP contribution < -0.4 is 11.1 Å². The average molecular weight is 405 g/mol. The van der Waals surface area contributed by atoms with Crippen LogP contribution >= 0.6 is 0 Å². The van der Waals surface area contributed by atoms with Crippen LogP contribution in [-0.4, -0.2) is 22.5 Å². The van der Waals surface area contributed by atoms with E-state index < -0.39 is 22.0 Å². The van der Waals surface area contributed by atoms with E-state index in [1.165, 1.54) is 18.2 Å². The fourth-order valence-corrected chi connectivity index (χ4v) is 3.45. The molecule has 2 N–H and O–H groups in total. The molecule has 0 saturated carbocycles. The molecule has 0 fully saturated rings. The van der Waals surface area contributed by atoms with Crippen LogP contribution in [-0.2, 0) is 4.74 Å². The summed E-state index contributed by atoms with van der Waals surface area (Å²) in [6.45, 7) is 1.60. The van der Waals surface area contributed by atoms with Gasteiger partial charge in [-0.05, 0) is 25.1 Å². The molecule has 2 heterocycles. The Hall–Kier alpha value is -4.27. The number of nitrogens with one attached hydrogen (secondary N) is 2. The Balaban J connectivity index is 2.29. The van der Waals surface area contributed by atoms with Crippen LogP contribution in [0.1, 0.15) is 17.3 Å². The Morgan fingerprint density at radius 3 is 2.63 bits per heavy atom. The summed E-state index contributed by atoms with van der Waals surface area (Å²) in [5.41, 5.74) is -1.35. The highest BCUT2D eigenvalue weighted by atomic mass is 16.6. The minimum absolute atomic E-state index is 0.0145. The van der Waals surface area contributed by atoms with Crippen LogP contribution in [0.5, 0.6) is 0 Å². The number of nitro benzene ring substituents is 1. The molecule has 0 aliphatic rings. The fraction of sp³-hybridized carbons (Fsp3) is 0.0952. The highest BCUT2D eigenvalue weighted by molar-refractivity contribution is 6.12. The molecule has 0 spiro atoms. The zero-order valence-electron chi connectivity index (χ0n) is 15.7. The number of aromatic nitrogens is 1. The molecule has 0 amide bonds. The summed E-state index contributed by atoms with van der Waals surface area (Å²) in [4.78, 5) is 39.4. The number of nitrogens with zero attached hydrogens (tertiary/aromatic N) is 1. The van der Waals surface area contributed by atoms with Crippen LogP contribution in [0.25, 0.3) is 33.0 Å². The first kappa shape index (κ1) is 19.1. The van der Waals surface area contributed by atoms with Gasteiger partial charge in [-0.2, -0.15) is 0 Å². The monoisotopic (exact) mass is 405 g/mol. The SMILES string of the molecule is CCOC(=O)c1c(-c2ccccc2[N+](=O)[O-])c2c(=O)[nH]c3ccccc3c2oc1=N.